The number of benzene rings is 1. The quantitative estimate of drug-likeness (QED) is 0.770. The van der Waals surface area contributed by atoms with Crippen molar-refractivity contribution in [3.8, 4) is 0 Å². The van der Waals surface area contributed by atoms with Gasteiger partial charge in [-0.1, -0.05) is 13.3 Å². The van der Waals surface area contributed by atoms with Crippen LogP contribution in [-0.4, -0.2) is 46.1 Å². The number of fused-ring (bicyclic) bond motifs is 1. The van der Waals surface area contributed by atoms with E-state index in [-0.39, 0.29) is 28.9 Å². The molecule has 28 heavy (non-hydrogen) atoms. The molecule has 6 heteroatoms. The molecule has 2 heterocycles. The summed E-state index contributed by atoms with van der Waals surface area (Å²) in [6.45, 7) is 11.8. The lowest BCUT2D eigenvalue weighted by Crippen LogP contribution is -2.62. The Hall–Kier alpha value is -1.53. The summed E-state index contributed by atoms with van der Waals surface area (Å²) in [5, 5.41) is 6.61. The highest BCUT2D eigenvalue weighted by Crippen LogP contribution is 2.35. The normalized spacial score (nSPS) is 21.0. The molecule has 3 rings (SSSR count). The van der Waals surface area contributed by atoms with Gasteiger partial charge in [-0.25, -0.2) is 0 Å². The van der Waals surface area contributed by atoms with Gasteiger partial charge in [0.25, 0.3) is 5.91 Å². The minimum atomic E-state index is -0.0162. The molecule has 154 valence electrons. The lowest BCUT2D eigenvalue weighted by atomic mass is 9.78. The van der Waals surface area contributed by atoms with E-state index in [9.17, 15) is 9.59 Å². The minimum absolute atomic E-state index is 0.00760. The maximum absolute atomic E-state index is 13.5. The van der Waals surface area contributed by atoms with Gasteiger partial charge in [-0.3, -0.25) is 9.59 Å². The van der Waals surface area contributed by atoms with Crippen LogP contribution in [0.4, 0.5) is 5.69 Å². The fraction of sp³-hybridized carbons (Fsp3) is 0.636. The Kier molecular flexibility index (Phi) is 6.11. The summed E-state index contributed by atoms with van der Waals surface area (Å²) in [6, 6.07) is 5.91. The van der Waals surface area contributed by atoms with Gasteiger partial charge in [-0.05, 0) is 65.2 Å². The number of thioether (sulfide) groups is 1. The highest BCUT2D eigenvalue weighted by molar-refractivity contribution is 8.00. The molecule has 0 aromatic heterocycles. The number of hydrogen-bond acceptors (Lipinski definition) is 4. The molecule has 1 fully saturated rings. The Bertz CT molecular complexity index is 744. The first-order chi connectivity index (χ1) is 13.1. The van der Waals surface area contributed by atoms with Crippen molar-refractivity contribution >= 4 is 29.3 Å². The molecule has 0 saturated carbocycles. The summed E-state index contributed by atoms with van der Waals surface area (Å²) >= 11 is 1.52. The third-order valence-corrected chi connectivity index (χ3v) is 6.56. The van der Waals surface area contributed by atoms with E-state index in [1.54, 1.807) is 0 Å². The standard InChI is InChI=1S/C22H33N3O2S/c1-6-7-10-25(16-12-21(2,3)24-22(4,5)13-16)20(27)15-8-9-18-17(11-15)23-19(26)14-28-18/h8-9,11,16,24H,6-7,10,12-14H2,1-5H3,(H,23,26). The lowest BCUT2D eigenvalue weighted by molar-refractivity contribution is -0.113. The van der Waals surface area contributed by atoms with Gasteiger partial charge in [0.05, 0.1) is 11.4 Å². The Morgan fingerprint density at radius 3 is 2.54 bits per heavy atom. The average molecular weight is 404 g/mol. The van der Waals surface area contributed by atoms with Crippen LogP contribution in [0.5, 0.6) is 0 Å². The first-order valence-corrected chi connectivity index (χ1v) is 11.3. The number of unbranched alkanes of at least 4 members (excludes halogenated alkanes) is 1. The van der Waals surface area contributed by atoms with E-state index in [1.165, 1.54) is 11.8 Å². The van der Waals surface area contributed by atoms with E-state index in [1.807, 2.05) is 18.2 Å². The topological polar surface area (TPSA) is 61.4 Å². The van der Waals surface area contributed by atoms with Crippen LogP contribution in [0.1, 0.15) is 70.7 Å². The second-order valence-corrected chi connectivity index (χ2v) is 10.4. The van der Waals surface area contributed by atoms with E-state index in [4.69, 9.17) is 0 Å². The SMILES string of the molecule is CCCCN(C(=O)c1ccc2c(c1)NC(=O)CS2)C1CC(C)(C)NC(C)(C)C1. The second kappa shape index (κ2) is 8.07. The number of carbonyl (C=O) groups is 2. The van der Waals surface area contributed by atoms with Crippen LogP contribution >= 0.6 is 11.8 Å². The molecule has 0 spiro atoms. The van der Waals surface area contributed by atoms with E-state index in [2.05, 4.69) is 50.2 Å². The summed E-state index contributed by atoms with van der Waals surface area (Å²) in [5.41, 5.74) is 1.38. The molecule has 1 aromatic rings. The van der Waals surface area contributed by atoms with E-state index < -0.39 is 0 Å². The van der Waals surface area contributed by atoms with Gasteiger partial charge in [0, 0.05) is 34.1 Å². The first-order valence-electron chi connectivity index (χ1n) is 10.3. The molecule has 1 aromatic carbocycles. The van der Waals surface area contributed by atoms with Crippen LogP contribution in [0.3, 0.4) is 0 Å². The fourth-order valence-corrected chi connectivity index (χ4v) is 5.44. The smallest absolute Gasteiger partial charge is 0.254 e. The Balaban J connectivity index is 1.88. The van der Waals surface area contributed by atoms with Crippen molar-refractivity contribution in [1.82, 2.24) is 10.2 Å². The molecule has 0 atom stereocenters. The van der Waals surface area contributed by atoms with Crippen molar-refractivity contribution in [2.75, 3.05) is 17.6 Å². The molecule has 2 amide bonds. The largest absolute Gasteiger partial charge is 0.336 e. The number of piperidine rings is 1. The number of amides is 2. The summed E-state index contributed by atoms with van der Waals surface area (Å²) < 4.78 is 0. The molecule has 2 N–H and O–H groups in total. The zero-order valence-corrected chi connectivity index (χ0v) is 18.5. The van der Waals surface area contributed by atoms with Gasteiger partial charge in [0.1, 0.15) is 0 Å². The Labute approximate surface area is 173 Å². The molecule has 0 unspecified atom stereocenters. The lowest BCUT2D eigenvalue weighted by Gasteiger charge is -2.49. The fourth-order valence-electron chi connectivity index (χ4n) is 4.65. The highest BCUT2D eigenvalue weighted by atomic mass is 32.2. The third kappa shape index (κ3) is 4.90. The predicted molar refractivity (Wildman–Crippen MR) is 116 cm³/mol. The molecule has 1 saturated heterocycles. The molecule has 0 bridgehead atoms. The highest BCUT2D eigenvalue weighted by Gasteiger charge is 2.41. The van der Waals surface area contributed by atoms with E-state index >= 15 is 0 Å². The molecule has 5 nitrogen and oxygen atoms in total. The first kappa shape index (κ1) is 21.2. The van der Waals surface area contributed by atoms with Gasteiger partial charge in [0.2, 0.25) is 5.91 Å². The van der Waals surface area contributed by atoms with Gasteiger partial charge in [-0.15, -0.1) is 11.8 Å². The van der Waals surface area contributed by atoms with Gasteiger partial charge < -0.3 is 15.5 Å². The van der Waals surface area contributed by atoms with Crippen molar-refractivity contribution in [3.05, 3.63) is 23.8 Å². The monoisotopic (exact) mass is 403 g/mol. The number of nitrogens with zero attached hydrogens (tertiary/aromatic N) is 1. The molecular weight excluding hydrogens is 370 g/mol. The minimum Gasteiger partial charge on any atom is -0.336 e. The Morgan fingerprint density at radius 2 is 1.89 bits per heavy atom. The molecule has 2 aliphatic rings. The zero-order chi connectivity index (χ0) is 20.5. The van der Waals surface area contributed by atoms with Gasteiger partial charge in [0.15, 0.2) is 0 Å². The van der Waals surface area contributed by atoms with Crippen molar-refractivity contribution in [3.63, 3.8) is 0 Å². The van der Waals surface area contributed by atoms with Crippen molar-refractivity contribution in [2.24, 2.45) is 0 Å². The van der Waals surface area contributed by atoms with Crippen LogP contribution in [-0.2, 0) is 4.79 Å². The summed E-state index contributed by atoms with van der Waals surface area (Å²) in [7, 11) is 0. The van der Waals surface area contributed by atoms with Crippen molar-refractivity contribution in [2.45, 2.75) is 82.3 Å². The number of rotatable bonds is 5. The summed E-state index contributed by atoms with van der Waals surface area (Å²) in [5.74, 6) is 0.494. The third-order valence-electron chi connectivity index (χ3n) is 5.48. The van der Waals surface area contributed by atoms with Crippen LogP contribution in [0.15, 0.2) is 23.1 Å². The zero-order valence-electron chi connectivity index (χ0n) is 17.7. The van der Waals surface area contributed by atoms with E-state index in [0.29, 0.717) is 11.3 Å². The Morgan fingerprint density at radius 1 is 1.21 bits per heavy atom. The number of anilines is 1. The maximum Gasteiger partial charge on any atom is 0.254 e. The summed E-state index contributed by atoms with van der Waals surface area (Å²) in [4.78, 5) is 28.4. The van der Waals surface area contributed by atoms with Crippen molar-refractivity contribution < 1.29 is 9.59 Å². The molecule has 0 aliphatic carbocycles. The molecule has 0 radical (unpaired) electrons. The summed E-state index contributed by atoms with van der Waals surface area (Å²) in [6.07, 6.45) is 3.92. The van der Waals surface area contributed by atoms with Gasteiger partial charge in [-0.2, -0.15) is 0 Å². The number of carbonyl (C=O) groups excluding carboxylic acids is 2. The second-order valence-electron chi connectivity index (χ2n) is 9.35. The van der Waals surface area contributed by atoms with E-state index in [0.717, 1.165) is 42.8 Å². The van der Waals surface area contributed by atoms with Crippen LogP contribution in [0.25, 0.3) is 0 Å². The molecular formula is C22H33N3O2S. The van der Waals surface area contributed by atoms with Gasteiger partial charge >= 0.3 is 0 Å². The number of hydrogen-bond donors (Lipinski definition) is 2. The maximum atomic E-state index is 13.5. The van der Waals surface area contributed by atoms with Crippen LogP contribution in [0, 0.1) is 0 Å². The predicted octanol–water partition coefficient (Wildman–Crippen LogP) is 4.28. The molecule has 2 aliphatic heterocycles. The van der Waals surface area contributed by atoms with Crippen molar-refractivity contribution in [1.29, 1.82) is 0 Å². The average Bonchev–Trinajstić information content (AvgIpc) is 2.58. The number of nitrogens with one attached hydrogen (secondary N) is 2. The van der Waals surface area contributed by atoms with Crippen LogP contribution in [0.2, 0.25) is 0 Å². The van der Waals surface area contributed by atoms with Crippen LogP contribution < -0.4 is 10.6 Å².